The van der Waals surface area contributed by atoms with Gasteiger partial charge < -0.3 is 0 Å². The molecule has 0 fully saturated rings. The predicted molar refractivity (Wildman–Crippen MR) is 94.6 cm³/mol. The van der Waals surface area contributed by atoms with E-state index in [1.165, 1.54) is 36.8 Å². The van der Waals surface area contributed by atoms with Crippen LogP contribution in [0, 0.1) is 5.92 Å². The van der Waals surface area contributed by atoms with Crippen molar-refractivity contribution >= 4 is 11.7 Å². The van der Waals surface area contributed by atoms with E-state index in [-0.39, 0.29) is 11.8 Å². The fraction of sp³-hybridized carbons (Fsp3) is 0.400. The van der Waals surface area contributed by atoms with Gasteiger partial charge >= 0.3 is 0 Å². The number of rotatable bonds is 3. The number of nitrogens with zero attached hydrogens (tertiary/aromatic N) is 1. The molecule has 4 heteroatoms. The number of carbonyl (C=O) groups excluding carboxylic acids is 1. The summed E-state index contributed by atoms with van der Waals surface area (Å²) in [6.45, 7) is 0. The molecule has 1 aromatic carbocycles. The third-order valence-corrected chi connectivity index (χ3v) is 5.31. The normalized spacial score (nSPS) is 19.1. The molecule has 1 aromatic heterocycles. The summed E-state index contributed by atoms with van der Waals surface area (Å²) in [5.74, 6) is 0.760. The zero-order chi connectivity index (χ0) is 16.4. The summed E-state index contributed by atoms with van der Waals surface area (Å²) in [5, 5.41) is 0. The Morgan fingerprint density at radius 2 is 1.83 bits per heavy atom. The highest BCUT2D eigenvalue weighted by Gasteiger charge is 2.27. The van der Waals surface area contributed by atoms with Crippen LogP contribution in [0.5, 0.6) is 0 Å². The number of anilines is 1. The molecule has 124 valence electrons. The van der Waals surface area contributed by atoms with Crippen LogP contribution in [0.25, 0.3) is 0 Å². The van der Waals surface area contributed by atoms with Gasteiger partial charge in [0.15, 0.2) is 0 Å². The van der Waals surface area contributed by atoms with Gasteiger partial charge in [0.05, 0.1) is 0 Å². The van der Waals surface area contributed by atoms with Crippen LogP contribution < -0.4 is 10.9 Å². The Kier molecular flexibility index (Phi) is 4.20. The van der Waals surface area contributed by atoms with E-state index >= 15 is 0 Å². The molecular formula is C20H23N3O. The smallest absolute Gasteiger partial charge is 0.241 e. The molecule has 2 aromatic rings. The number of amides is 1. The number of hydrogen-bond acceptors (Lipinski definition) is 3. The van der Waals surface area contributed by atoms with Crippen molar-refractivity contribution in [2.75, 3.05) is 5.43 Å². The number of carbonyl (C=O) groups is 1. The van der Waals surface area contributed by atoms with Crippen molar-refractivity contribution in [3.05, 3.63) is 58.8 Å². The van der Waals surface area contributed by atoms with Crippen LogP contribution in [0.2, 0.25) is 0 Å². The fourth-order valence-corrected chi connectivity index (χ4v) is 4.03. The first-order valence-electron chi connectivity index (χ1n) is 8.90. The molecule has 1 atom stereocenters. The van der Waals surface area contributed by atoms with Gasteiger partial charge in [0.1, 0.15) is 5.82 Å². The van der Waals surface area contributed by atoms with Crippen molar-refractivity contribution in [1.29, 1.82) is 0 Å². The minimum Gasteiger partial charge on any atom is -0.282 e. The summed E-state index contributed by atoms with van der Waals surface area (Å²) < 4.78 is 0. The number of hydrogen-bond donors (Lipinski definition) is 2. The lowest BCUT2D eigenvalue weighted by atomic mass is 9.77. The van der Waals surface area contributed by atoms with E-state index in [1.807, 2.05) is 18.2 Å². The van der Waals surface area contributed by atoms with Gasteiger partial charge in [-0.1, -0.05) is 18.2 Å². The molecule has 2 aliphatic carbocycles. The number of fused-ring (bicyclic) bond motifs is 3. The molecular weight excluding hydrogens is 298 g/mol. The first-order valence-corrected chi connectivity index (χ1v) is 8.90. The second-order valence-electron chi connectivity index (χ2n) is 6.82. The Balaban J connectivity index is 1.43. The minimum absolute atomic E-state index is 0.0374. The summed E-state index contributed by atoms with van der Waals surface area (Å²) in [4.78, 5) is 16.6. The third kappa shape index (κ3) is 3.01. The molecule has 4 rings (SSSR count). The standard InChI is InChI=1S/C20H23N3O/c24-20(23-22-19-7-3-4-12-21-19)16-10-11-18-15(13-16)9-8-14-5-1-2-6-17(14)18/h3-4,7-9,12,16H,1-2,5-6,10-11,13H2,(H,21,22)(H,23,24). The Bertz CT molecular complexity index is 742. The summed E-state index contributed by atoms with van der Waals surface area (Å²) in [5.41, 5.74) is 11.8. The van der Waals surface area contributed by atoms with Crippen LogP contribution >= 0.6 is 0 Å². The van der Waals surface area contributed by atoms with Gasteiger partial charge in [0.2, 0.25) is 5.91 Å². The average molecular weight is 321 g/mol. The number of benzene rings is 1. The van der Waals surface area contributed by atoms with Crippen molar-refractivity contribution in [2.45, 2.75) is 44.9 Å². The summed E-state index contributed by atoms with van der Waals surface area (Å²) in [6, 6.07) is 10.1. The van der Waals surface area contributed by atoms with Crippen LogP contribution in [0.4, 0.5) is 5.82 Å². The average Bonchev–Trinajstić information content (AvgIpc) is 2.66. The van der Waals surface area contributed by atoms with E-state index < -0.39 is 0 Å². The summed E-state index contributed by atoms with van der Waals surface area (Å²) in [6.07, 6.45) is 9.57. The van der Waals surface area contributed by atoms with Crippen molar-refractivity contribution in [1.82, 2.24) is 10.4 Å². The van der Waals surface area contributed by atoms with E-state index in [1.54, 1.807) is 17.3 Å². The number of pyridine rings is 1. The maximum absolute atomic E-state index is 12.5. The lowest BCUT2D eigenvalue weighted by Gasteiger charge is -2.29. The van der Waals surface area contributed by atoms with Gasteiger partial charge in [-0.2, -0.15) is 0 Å². The van der Waals surface area contributed by atoms with E-state index in [0.717, 1.165) is 19.3 Å². The fourth-order valence-electron chi connectivity index (χ4n) is 4.03. The molecule has 0 saturated carbocycles. The van der Waals surface area contributed by atoms with Gasteiger partial charge in [0.25, 0.3) is 0 Å². The second kappa shape index (κ2) is 6.63. The Morgan fingerprint density at radius 3 is 2.71 bits per heavy atom. The van der Waals surface area contributed by atoms with Gasteiger partial charge in [-0.3, -0.25) is 15.6 Å². The van der Waals surface area contributed by atoms with E-state index in [2.05, 4.69) is 28.0 Å². The molecule has 0 spiro atoms. The minimum atomic E-state index is 0.0374. The SMILES string of the molecule is O=C(NNc1ccccn1)C1CCc2c(ccc3c2CCCC3)C1. The Hall–Kier alpha value is -2.36. The highest BCUT2D eigenvalue weighted by molar-refractivity contribution is 5.80. The van der Waals surface area contributed by atoms with E-state index in [4.69, 9.17) is 0 Å². The molecule has 24 heavy (non-hydrogen) atoms. The number of aromatic nitrogens is 1. The summed E-state index contributed by atoms with van der Waals surface area (Å²) in [7, 11) is 0. The zero-order valence-electron chi connectivity index (χ0n) is 13.8. The number of nitrogens with one attached hydrogen (secondary N) is 2. The van der Waals surface area contributed by atoms with Gasteiger partial charge in [-0.15, -0.1) is 0 Å². The molecule has 1 amide bonds. The molecule has 0 saturated heterocycles. The molecule has 2 aliphatic rings. The van der Waals surface area contributed by atoms with Crippen molar-refractivity contribution in [3.8, 4) is 0 Å². The van der Waals surface area contributed by atoms with Crippen molar-refractivity contribution in [2.24, 2.45) is 5.92 Å². The van der Waals surface area contributed by atoms with Crippen molar-refractivity contribution in [3.63, 3.8) is 0 Å². The van der Waals surface area contributed by atoms with Gasteiger partial charge in [-0.05, 0) is 79.3 Å². The molecule has 0 bridgehead atoms. The van der Waals surface area contributed by atoms with Crippen molar-refractivity contribution < 1.29 is 4.79 Å². The lowest BCUT2D eigenvalue weighted by Crippen LogP contribution is -2.38. The zero-order valence-corrected chi connectivity index (χ0v) is 13.8. The molecule has 0 aliphatic heterocycles. The molecule has 4 nitrogen and oxygen atoms in total. The lowest BCUT2D eigenvalue weighted by molar-refractivity contribution is -0.124. The van der Waals surface area contributed by atoms with Gasteiger partial charge in [-0.25, -0.2) is 4.98 Å². The van der Waals surface area contributed by atoms with Crippen LogP contribution in [0.15, 0.2) is 36.5 Å². The predicted octanol–water partition coefficient (Wildman–Crippen LogP) is 3.21. The monoisotopic (exact) mass is 321 g/mol. The third-order valence-electron chi connectivity index (χ3n) is 5.31. The first-order chi connectivity index (χ1) is 11.8. The Labute approximate surface area is 142 Å². The first kappa shape index (κ1) is 15.2. The second-order valence-corrected chi connectivity index (χ2v) is 6.82. The molecule has 1 heterocycles. The largest absolute Gasteiger partial charge is 0.282 e. The maximum atomic E-state index is 12.5. The van der Waals surface area contributed by atoms with E-state index in [0.29, 0.717) is 5.82 Å². The number of aryl methyl sites for hydroxylation is 1. The van der Waals surface area contributed by atoms with E-state index in [9.17, 15) is 4.79 Å². The quantitative estimate of drug-likeness (QED) is 0.854. The number of hydrazine groups is 1. The topological polar surface area (TPSA) is 54.0 Å². The molecule has 2 N–H and O–H groups in total. The van der Waals surface area contributed by atoms with Crippen LogP contribution in [0.3, 0.4) is 0 Å². The maximum Gasteiger partial charge on any atom is 0.241 e. The molecule has 1 unspecified atom stereocenters. The Morgan fingerprint density at radius 1 is 1.00 bits per heavy atom. The van der Waals surface area contributed by atoms with Crippen LogP contribution in [0.1, 0.15) is 41.5 Å². The summed E-state index contributed by atoms with van der Waals surface area (Å²) >= 11 is 0. The molecule has 0 radical (unpaired) electrons. The highest BCUT2D eigenvalue weighted by Crippen LogP contribution is 2.33. The van der Waals surface area contributed by atoms with Crippen LogP contribution in [-0.2, 0) is 30.5 Å². The van der Waals surface area contributed by atoms with Crippen LogP contribution in [-0.4, -0.2) is 10.9 Å². The highest BCUT2D eigenvalue weighted by atomic mass is 16.2. The van der Waals surface area contributed by atoms with Gasteiger partial charge in [0, 0.05) is 12.1 Å².